The van der Waals surface area contributed by atoms with Crippen LogP contribution in [0.2, 0.25) is 0 Å². The first-order chi connectivity index (χ1) is 27.8. The Morgan fingerprint density at radius 2 is 1.16 bits per heavy atom. The molecule has 0 N–H and O–H groups in total. The molecule has 5 aromatic carbocycles. The molecule has 1 aliphatic carbocycles. The molecule has 0 spiro atoms. The molecule has 0 unspecified atom stereocenters. The van der Waals surface area contributed by atoms with E-state index in [9.17, 15) is 2.74 Å². The molecule has 1 aromatic heterocycles. The molecular weight excluding hydrogens is 719 g/mol. The minimum Gasteiger partial charge on any atom is -0.311 e. The van der Waals surface area contributed by atoms with Gasteiger partial charge in [0, 0.05) is 43.3 Å². The van der Waals surface area contributed by atoms with Crippen molar-refractivity contribution < 1.29 is 2.74 Å². The van der Waals surface area contributed by atoms with Gasteiger partial charge in [0.1, 0.15) is 0 Å². The van der Waals surface area contributed by atoms with E-state index in [2.05, 4.69) is 174 Å². The molecule has 0 radical (unpaired) electrons. The Hall–Kier alpha value is -4.28. The first-order valence-corrected chi connectivity index (χ1v) is 22.3. The Bertz CT molecular complexity index is 2760. The molecule has 58 heavy (non-hydrogen) atoms. The molecule has 6 aromatic rings. The van der Waals surface area contributed by atoms with Crippen molar-refractivity contribution in [2.24, 2.45) is 0 Å². The van der Waals surface area contributed by atoms with E-state index >= 15 is 0 Å². The number of fused-ring (bicyclic) bond motifs is 7. The van der Waals surface area contributed by atoms with E-state index in [1.165, 1.54) is 70.7 Å². The van der Waals surface area contributed by atoms with Gasteiger partial charge in [-0.1, -0.05) is 126 Å². The predicted octanol–water partition coefficient (Wildman–Crippen LogP) is 13.8. The van der Waals surface area contributed by atoms with Crippen molar-refractivity contribution in [1.82, 2.24) is 0 Å². The summed E-state index contributed by atoms with van der Waals surface area (Å²) < 4.78 is 22.1. The van der Waals surface area contributed by atoms with Crippen LogP contribution in [0.4, 0.5) is 34.1 Å². The summed E-state index contributed by atoms with van der Waals surface area (Å²) in [5.74, 6) is 0. The molecule has 0 bridgehead atoms. The fourth-order valence-corrected chi connectivity index (χ4v) is 11.2. The van der Waals surface area contributed by atoms with Crippen molar-refractivity contribution in [2.45, 2.75) is 144 Å². The maximum atomic E-state index is 9.78. The van der Waals surface area contributed by atoms with Gasteiger partial charge in [0.05, 0.1) is 8.43 Å². The second kappa shape index (κ2) is 12.6. The highest BCUT2D eigenvalue weighted by Crippen LogP contribution is 2.52. The van der Waals surface area contributed by atoms with E-state index in [4.69, 9.17) is 0 Å². The third-order valence-electron chi connectivity index (χ3n) is 13.8. The predicted molar refractivity (Wildman–Crippen MR) is 257 cm³/mol. The van der Waals surface area contributed by atoms with Crippen molar-refractivity contribution in [3.05, 3.63) is 124 Å². The number of aryl methyl sites for hydroxylation is 2. The molecule has 2 aliphatic heterocycles. The molecule has 0 atom stereocenters. The summed E-state index contributed by atoms with van der Waals surface area (Å²) in [4.78, 5) is 4.92. The molecule has 0 fully saturated rings. The fraction of sp³-hybridized carbons (Fsp3) is 0.407. The van der Waals surface area contributed by atoms with Crippen LogP contribution in [0.25, 0.3) is 10.1 Å². The van der Waals surface area contributed by atoms with Crippen LogP contribution >= 0.6 is 11.3 Å². The number of thiophene rings is 1. The average Bonchev–Trinajstić information content (AvgIpc) is 3.51. The molecular formula is C54H63BN2S. The van der Waals surface area contributed by atoms with Gasteiger partial charge in [-0.2, -0.15) is 0 Å². The summed E-state index contributed by atoms with van der Waals surface area (Å²) in [5, 5.41) is 1.20. The maximum absolute atomic E-state index is 9.78. The minimum absolute atomic E-state index is 0.0268. The largest absolute Gasteiger partial charge is 0.311 e. The molecule has 3 aliphatic rings. The second-order valence-electron chi connectivity index (χ2n) is 22.2. The van der Waals surface area contributed by atoms with Crippen LogP contribution in [0.1, 0.15) is 145 Å². The number of hydrogen-bond donors (Lipinski definition) is 0. The van der Waals surface area contributed by atoms with Gasteiger partial charge in [-0.05, 0) is 152 Å². The summed E-state index contributed by atoms with van der Waals surface area (Å²) in [5.41, 5.74) is 17.9. The lowest BCUT2D eigenvalue weighted by Crippen LogP contribution is -2.61. The van der Waals surface area contributed by atoms with E-state index < -0.39 is 0 Å². The lowest BCUT2D eigenvalue weighted by molar-refractivity contribution is 0.332. The smallest absolute Gasteiger partial charge is 0.264 e. The lowest BCUT2D eigenvalue weighted by atomic mass is 9.35. The Balaban J connectivity index is 1.45. The third-order valence-corrected chi connectivity index (χ3v) is 15.0. The normalized spacial score (nSPS) is 17.4. The number of hydrogen-bond acceptors (Lipinski definition) is 3. The highest BCUT2D eigenvalue weighted by molar-refractivity contribution is 7.33. The Labute approximate surface area is 356 Å². The van der Waals surface area contributed by atoms with E-state index in [0.717, 1.165) is 35.3 Å². The second-order valence-corrected chi connectivity index (χ2v) is 23.3. The van der Waals surface area contributed by atoms with Gasteiger partial charge in [0.25, 0.3) is 6.71 Å². The number of nitrogens with zero attached hydrogens (tertiary/aromatic N) is 2. The van der Waals surface area contributed by atoms with Crippen LogP contribution < -0.4 is 25.5 Å². The highest BCUT2D eigenvalue weighted by Gasteiger charge is 2.48. The number of rotatable bonds is 2. The summed E-state index contributed by atoms with van der Waals surface area (Å²) in [6, 6.07) is 28.9. The van der Waals surface area contributed by atoms with Crippen LogP contribution in [0.3, 0.4) is 0 Å². The highest BCUT2D eigenvalue weighted by atomic mass is 32.1. The van der Waals surface area contributed by atoms with Crippen molar-refractivity contribution in [3.8, 4) is 0 Å². The van der Waals surface area contributed by atoms with Crippen LogP contribution in [-0.4, -0.2) is 6.71 Å². The molecule has 0 saturated carbocycles. The van der Waals surface area contributed by atoms with Gasteiger partial charge < -0.3 is 9.80 Å². The van der Waals surface area contributed by atoms with Crippen molar-refractivity contribution >= 4 is 78.0 Å². The number of benzene rings is 5. The first kappa shape index (κ1) is 36.8. The molecule has 3 heterocycles. The summed E-state index contributed by atoms with van der Waals surface area (Å²) in [7, 11) is 0. The quantitative estimate of drug-likeness (QED) is 0.161. The fourth-order valence-electron chi connectivity index (χ4n) is 9.95. The van der Waals surface area contributed by atoms with Crippen LogP contribution in [0.5, 0.6) is 0 Å². The zero-order valence-electron chi connectivity index (χ0n) is 39.7. The third kappa shape index (κ3) is 6.02. The molecule has 298 valence electrons. The average molecular weight is 785 g/mol. The molecule has 2 nitrogen and oxygen atoms in total. The van der Waals surface area contributed by atoms with Gasteiger partial charge in [-0.25, -0.2) is 0 Å². The minimum atomic E-state index is -0.187. The molecule has 0 saturated heterocycles. The van der Waals surface area contributed by atoms with Crippen molar-refractivity contribution in [3.63, 3.8) is 0 Å². The zero-order valence-corrected chi connectivity index (χ0v) is 38.5. The summed E-state index contributed by atoms with van der Waals surface area (Å²) in [6.07, 6.45) is 2.30. The van der Waals surface area contributed by atoms with E-state index in [-0.39, 0.29) is 33.8 Å². The van der Waals surface area contributed by atoms with Crippen molar-refractivity contribution in [1.29, 1.82) is 0 Å². The molecule has 0 amide bonds. The van der Waals surface area contributed by atoms with E-state index in [0.29, 0.717) is 17.8 Å². The number of anilines is 6. The molecule has 9 rings (SSSR count). The Morgan fingerprint density at radius 1 is 0.603 bits per heavy atom. The Kier molecular flexibility index (Phi) is 8.00. The monoisotopic (exact) mass is 784 g/mol. The van der Waals surface area contributed by atoms with Crippen LogP contribution in [-0.2, 0) is 27.1 Å². The van der Waals surface area contributed by atoms with Gasteiger partial charge >= 0.3 is 0 Å². The molecule has 4 heteroatoms. The summed E-state index contributed by atoms with van der Waals surface area (Å²) >= 11 is 1.90. The van der Waals surface area contributed by atoms with Gasteiger partial charge in [-0.15, -0.1) is 11.3 Å². The SMILES string of the molecule is [2H]c1cc(C(C)(C)C)cc([2H])c1N1c2cc(C)cc3c2B(c2cc4c(cc2N3c2ccc(C(C)(C)C)cc2C)C(C)(C)CCC4(C)C)c2sc3ccc(C(C)(C)C)cc3c21. The van der Waals surface area contributed by atoms with Crippen LogP contribution in [0.15, 0.2) is 84.9 Å². The lowest BCUT2D eigenvalue weighted by Gasteiger charge is -2.47. The maximum Gasteiger partial charge on any atom is 0.264 e. The topological polar surface area (TPSA) is 6.48 Å². The standard InChI is InChI=1S/C54H63BN2S/c1-32-26-44-47-45(27-32)57(42-22-18-35(28-33(42)2)51(6,7)8)43-31-40-39(53(12,13)24-25-54(40,14)15)30-41(43)55(47)49-48(38-29-36(52(9,10)11)19-23-46(38)58-49)56(44)37-20-16-34(17-21-37)50(3,4)5/h16-23,26-31H,24-25H2,1-15H3/i20D,21D. The van der Waals surface area contributed by atoms with Gasteiger partial charge in [0.2, 0.25) is 0 Å². The van der Waals surface area contributed by atoms with Gasteiger partial charge in [-0.3, -0.25) is 0 Å². The first-order valence-electron chi connectivity index (χ1n) is 22.5. The van der Waals surface area contributed by atoms with Crippen LogP contribution in [0, 0.1) is 13.8 Å². The van der Waals surface area contributed by atoms with E-state index in [1.807, 2.05) is 23.5 Å². The van der Waals surface area contributed by atoms with Gasteiger partial charge in [0.15, 0.2) is 0 Å². The van der Waals surface area contributed by atoms with Crippen molar-refractivity contribution in [2.75, 3.05) is 9.80 Å². The zero-order chi connectivity index (χ0) is 43.4. The van der Waals surface area contributed by atoms with E-state index in [1.54, 1.807) is 0 Å². The summed E-state index contributed by atoms with van der Waals surface area (Å²) in [6.45, 7) is 34.5. The Morgan fingerprint density at radius 3 is 1.74 bits per heavy atom.